The molecule has 1 aromatic carbocycles. The van der Waals surface area contributed by atoms with Crippen molar-refractivity contribution < 1.29 is 19.0 Å². The van der Waals surface area contributed by atoms with E-state index in [-0.39, 0.29) is 17.9 Å². The van der Waals surface area contributed by atoms with Crippen LogP contribution in [-0.4, -0.2) is 38.8 Å². The Morgan fingerprint density at radius 2 is 2.03 bits per heavy atom. The number of carbonyl (C=O) groups is 1. The van der Waals surface area contributed by atoms with Gasteiger partial charge in [0.25, 0.3) is 0 Å². The lowest BCUT2D eigenvalue weighted by molar-refractivity contribution is -0.137. The third-order valence-electron chi connectivity index (χ3n) is 6.12. The number of aromatic nitrogens is 1. The Labute approximate surface area is 172 Å². The van der Waals surface area contributed by atoms with Crippen LogP contribution in [0.2, 0.25) is 0 Å². The van der Waals surface area contributed by atoms with Crippen LogP contribution in [-0.2, 0) is 20.7 Å². The zero-order valence-electron chi connectivity index (χ0n) is 18.0. The Bertz CT molecular complexity index is 886. The van der Waals surface area contributed by atoms with Gasteiger partial charge in [0.2, 0.25) is 0 Å². The van der Waals surface area contributed by atoms with Crippen molar-refractivity contribution in [2.45, 2.75) is 39.2 Å². The van der Waals surface area contributed by atoms with Crippen LogP contribution in [0, 0.1) is 11.8 Å². The van der Waals surface area contributed by atoms with Crippen LogP contribution >= 0.6 is 0 Å². The lowest BCUT2D eigenvalue weighted by Crippen LogP contribution is -2.41. The Hall–Kier alpha value is -2.47. The number of methoxy groups -OCH3 is 3. The van der Waals surface area contributed by atoms with Gasteiger partial charge in [-0.05, 0) is 48.9 Å². The number of ether oxygens (including phenoxy) is 3. The molecule has 0 radical (unpaired) electrons. The highest BCUT2D eigenvalue weighted by Crippen LogP contribution is 2.41. The van der Waals surface area contributed by atoms with Crippen LogP contribution in [0.15, 0.2) is 30.0 Å². The smallest absolute Gasteiger partial charge is 0.337 e. The normalized spacial score (nSPS) is 22.5. The third kappa shape index (κ3) is 3.99. The highest BCUT2D eigenvalue weighted by Gasteiger charge is 2.37. The molecule has 1 fully saturated rings. The van der Waals surface area contributed by atoms with Gasteiger partial charge < -0.3 is 24.5 Å². The van der Waals surface area contributed by atoms with Gasteiger partial charge >= 0.3 is 5.97 Å². The molecule has 0 saturated carbocycles. The van der Waals surface area contributed by atoms with Crippen molar-refractivity contribution in [3.8, 4) is 5.75 Å². The van der Waals surface area contributed by atoms with Gasteiger partial charge in [0.05, 0.1) is 33.2 Å². The molecule has 3 atom stereocenters. The predicted molar refractivity (Wildman–Crippen MR) is 114 cm³/mol. The van der Waals surface area contributed by atoms with E-state index in [4.69, 9.17) is 14.2 Å². The second-order valence-electron chi connectivity index (χ2n) is 7.53. The van der Waals surface area contributed by atoms with E-state index in [9.17, 15) is 4.79 Å². The quantitative estimate of drug-likeness (QED) is 0.416. The maximum atomic E-state index is 12.4. The molecule has 0 bridgehead atoms. The van der Waals surface area contributed by atoms with Gasteiger partial charge in [-0.25, -0.2) is 4.79 Å². The Balaban J connectivity index is 2.02. The van der Waals surface area contributed by atoms with E-state index in [1.54, 1.807) is 20.5 Å². The summed E-state index contributed by atoms with van der Waals surface area (Å²) in [5.74, 6) is 0.979. The Kier molecular flexibility index (Phi) is 6.85. The van der Waals surface area contributed by atoms with Crippen molar-refractivity contribution >= 4 is 16.9 Å². The molecular weight excluding hydrogens is 368 g/mol. The fourth-order valence-corrected chi connectivity index (χ4v) is 4.66. The molecule has 158 valence electrons. The van der Waals surface area contributed by atoms with Crippen molar-refractivity contribution in [2.24, 2.45) is 11.8 Å². The van der Waals surface area contributed by atoms with E-state index in [1.807, 2.05) is 12.1 Å². The first-order valence-corrected chi connectivity index (χ1v) is 10.3. The highest BCUT2D eigenvalue weighted by atomic mass is 16.5. The monoisotopic (exact) mass is 400 g/mol. The van der Waals surface area contributed by atoms with Crippen LogP contribution in [0.3, 0.4) is 0 Å². The van der Waals surface area contributed by atoms with Crippen molar-refractivity contribution in [3.05, 3.63) is 41.3 Å². The number of rotatable bonds is 7. The van der Waals surface area contributed by atoms with Crippen molar-refractivity contribution in [2.75, 3.05) is 27.9 Å². The number of hydrogen-bond acceptors (Lipinski definition) is 5. The first-order chi connectivity index (χ1) is 14.1. The zero-order chi connectivity index (χ0) is 21.0. The van der Waals surface area contributed by atoms with E-state index in [0.29, 0.717) is 11.5 Å². The van der Waals surface area contributed by atoms with Gasteiger partial charge in [0, 0.05) is 22.6 Å². The minimum atomic E-state index is -0.315. The Morgan fingerprint density at radius 1 is 1.24 bits per heavy atom. The molecule has 29 heavy (non-hydrogen) atoms. The van der Waals surface area contributed by atoms with Gasteiger partial charge in [-0.15, -0.1) is 0 Å². The molecule has 0 aliphatic carbocycles. The molecular formula is C23H32N2O4. The molecule has 1 aromatic heterocycles. The number of carbonyl (C=O) groups excluding carboxylic acids is 1. The van der Waals surface area contributed by atoms with E-state index < -0.39 is 0 Å². The minimum Gasteiger partial charge on any atom is -0.504 e. The number of aryl methyl sites for hydroxylation is 1. The highest BCUT2D eigenvalue weighted by molar-refractivity contribution is 5.91. The van der Waals surface area contributed by atoms with E-state index in [2.05, 4.69) is 30.2 Å². The largest absolute Gasteiger partial charge is 0.504 e. The molecule has 2 aromatic rings. The summed E-state index contributed by atoms with van der Waals surface area (Å²) in [6, 6.07) is 6.20. The molecule has 0 spiro atoms. The van der Waals surface area contributed by atoms with Crippen LogP contribution < -0.4 is 10.1 Å². The average molecular weight is 401 g/mol. The third-order valence-corrected chi connectivity index (χ3v) is 6.12. The minimum absolute atomic E-state index is 0.0664. The zero-order valence-corrected chi connectivity index (χ0v) is 18.0. The molecule has 0 unspecified atom stereocenters. The number of nitrogens with one attached hydrogen (secondary N) is 2. The van der Waals surface area contributed by atoms with Gasteiger partial charge in [-0.3, -0.25) is 0 Å². The average Bonchev–Trinajstić information content (AvgIpc) is 3.15. The summed E-state index contributed by atoms with van der Waals surface area (Å²) in [6.07, 6.45) is 4.22. The number of H-pyrrole nitrogens is 1. The molecule has 6 heteroatoms. The Morgan fingerprint density at radius 3 is 2.66 bits per heavy atom. The molecule has 1 aliphatic heterocycles. The van der Waals surface area contributed by atoms with E-state index >= 15 is 0 Å². The maximum absolute atomic E-state index is 12.4. The van der Waals surface area contributed by atoms with Gasteiger partial charge in [0.15, 0.2) is 0 Å². The topological polar surface area (TPSA) is 72.6 Å². The van der Waals surface area contributed by atoms with E-state index in [0.717, 1.165) is 42.5 Å². The molecule has 3 rings (SSSR count). The van der Waals surface area contributed by atoms with Crippen LogP contribution in [0.4, 0.5) is 0 Å². The van der Waals surface area contributed by atoms with Gasteiger partial charge in [0.1, 0.15) is 5.75 Å². The van der Waals surface area contributed by atoms with Crippen molar-refractivity contribution in [3.63, 3.8) is 0 Å². The first-order valence-electron chi connectivity index (χ1n) is 10.3. The van der Waals surface area contributed by atoms with Crippen LogP contribution in [0.5, 0.6) is 5.75 Å². The van der Waals surface area contributed by atoms with Crippen LogP contribution in [0.25, 0.3) is 10.9 Å². The number of aromatic amines is 1. The summed E-state index contributed by atoms with van der Waals surface area (Å²) in [5, 5.41) is 4.84. The summed E-state index contributed by atoms with van der Waals surface area (Å²) in [6.45, 7) is 5.16. The summed E-state index contributed by atoms with van der Waals surface area (Å²) in [5.41, 5.74) is 4.13. The lowest BCUT2D eigenvalue weighted by atomic mass is 9.76. The summed E-state index contributed by atoms with van der Waals surface area (Å²) in [4.78, 5) is 16.1. The molecule has 6 nitrogen and oxygen atoms in total. The van der Waals surface area contributed by atoms with Gasteiger partial charge in [-0.2, -0.15) is 0 Å². The number of benzene rings is 1. The standard InChI is InChI=1S/C23H32N2O4/c1-6-14-12-24-19(11-16(14)17(13-27-3)23(26)29-5)22-15(7-2)21-18(25-22)9-8-10-20(21)28-4/h8-10,13-14,16,19,24-25H,6-7,11-12H2,1-5H3/b17-13+/t14-,16+,19+/m1/s1. The van der Waals surface area contributed by atoms with Gasteiger partial charge in [-0.1, -0.05) is 26.3 Å². The SMILES string of the molecule is CCc1c([C@@H]2C[C@H](/C(=C\OC)C(=O)OC)[C@H](CC)CN2)[nH]c2cccc(OC)c12. The number of fused-ring (bicyclic) bond motifs is 1. The summed E-state index contributed by atoms with van der Waals surface area (Å²) < 4.78 is 15.9. The second kappa shape index (κ2) is 9.35. The molecule has 2 heterocycles. The molecule has 1 saturated heterocycles. The fraction of sp³-hybridized carbons (Fsp3) is 0.522. The van der Waals surface area contributed by atoms with Crippen LogP contribution in [0.1, 0.15) is 44.0 Å². The number of hydrogen-bond donors (Lipinski definition) is 2. The fourth-order valence-electron chi connectivity index (χ4n) is 4.66. The number of piperidine rings is 1. The second-order valence-corrected chi connectivity index (χ2v) is 7.53. The molecule has 1 aliphatic rings. The maximum Gasteiger partial charge on any atom is 0.337 e. The van der Waals surface area contributed by atoms with E-state index in [1.165, 1.54) is 18.4 Å². The number of esters is 1. The summed E-state index contributed by atoms with van der Waals surface area (Å²) in [7, 11) is 4.70. The van der Waals surface area contributed by atoms with Crippen molar-refractivity contribution in [1.29, 1.82) is 0 Å². The predicted octanol–water partition coefficient (Wildman–Crippen LogP) is 4.12. The molecule has 0 amide bonds. The molecule has 2 N–H and O–H groups in total. The summed E-state index contributed by atoms with van der Waals surface area (Å²) >= 11 is 0. The first kappa shape index (κ1) is 21.2. The lowest BCUT2D eigenvalue weighted by Gasteiger charge is -2.37. The van der Waals surface area contributed by atoms with Crippen molar-refractivity contribution in [1.82, 2.24) is 10.3 Å².